The Morgan fingerprint density at radius 3 is 0.944 bits per heavy atom. The second-order valence-electron chi connectivity index (χ2n) is 34.9. The van der Waals surface area contributed by atoms with Crippen molar-refractivity contribution in [3.8, 4) is 0 Å². The van der Waals surface area contributed by atoms with Crippen molar-refractivity contribution in [2.75, 3.05) is 64.4 Å². The van der Waals surface area contributed by atoms with Gasteiger partial charge in [-0.3, -0.25) is 70.6 Å². The van der Waals surface area contributed by atoms with Gasteiger partial charge in [0.15, 0.2) is 20.5 Å². The van der Waals surface area contributed by atoms with E-state index < -0.39 is 0 Å². The molecule has 126 heavy (non-hydrogen) atoms. The van der Waals surface area contributed by atoms with Crippen molar-refractivity contribution in [3.05, 3.63) is 264 Å². The zero-order valence-electron chi connectivity index (χ0n) is 76.7. The summed E-state index contributed by atoms with van der Waals surface area (Å²) in [6, 6.07) is 63.0. The molecule has 0 saturated carbocycles. The summed E-state index contributed by atoms with van der Waals surface area (Å²) in [5.41, 5.74) is 11.6. The Bertz CT molecular complexity index is 4800. The average molecular weight is 2760 g/mol. The molecule has 17 rings (SSSR count). The molecule has 6 atom stereocenters. The van der Waals surface area contributed by atoms with Gasteiger partial charge in [0.25, 0.3) is 6.85 Å². The molecular weight excluding hydrogens is 2650 g/mol. The van der Waals surface area contributed by atoms with Crippen molar-refractivity contribution < 1.29 is 126 Å². The van der Waals surface area contributed by atoms with Gasteiger partial charge in [0.1, 0.15) is 41.1 Å². The third kappa shape index (κ3) is 25.8. The number of benzene rings is 5. The van der Waals surface area contributed by atoms with Crippen LogP contribution in [0.2, 0.25) is 103 Å². The molecule has 42 heteroatoms. The predicted octanol–water partition coefficient (Wildman–Crippen LogP) is 13.4. The fourth-order valence-corrected chi connectivity index (χ4v) is 18.0. The summed E-state index contributed by atoms with van der Waals surface area (Å²) in [4.78, 5) is 27.2. The van der Waals surface area contributed by atoms with E-state index in [1.54, 1.807) is 24.8 Å². The van der Waals surface area contributed by atoms with E-state index >= 15 is 0 Å². The summed E-state index contributed by atoms with van der Waals surface area (Å²) in [5.74, 6) is 5.57. The fraction of sp³-hybridized carbons (Fsp3) is 0.357. The fourth-order valence-electron chi connectivity index (χ4n) is 18.0. The van der Waals surface area contributed by atoms with Crippen LogP contribution in [0.5, 0.6) is 0 Å². The number of aryl methyl sites for hydroxylation is 2. The standard InChI is InChI=1S/C24H22B2N4.C17H24B2N4.C14H18B2N4.2C10H18B2N4.C9H16B2N4.6Pt/c1-20-25(21-11-5-2-6-12-21)29(23-15-9-4-10-16-23)19-30(24-17-18-27-28-24)26(20)22-13-7-3-8-14-22;1-17(2,3)16-18(4)22(14-9-7-6-8-10-14)13-23(19(16)5)15-11-12-20-21-15;1-12-15(2)19(13-7-5-4-6-8-13)11-20(16(12)3)14-9-10-17-18-14;1-8-6-13-14-10(8)16-7-15(5)11(3)9(2)12(16)4;1-8-6-10(14-13-8)16-7-15(5)11(3)9(2)12(16)4;1-8-10(2)14(4)7-15(11(8)3)9-5-6-12-13-9;;;;;;/h2-20H,1H3;6-13,16H,1-5H3;4-12H,1-3H3;2*6-7,9H,1-5H3;5-8H,1-4H3;;;;;;/q6*-2;6*+2. The maximum absolute atomic E-state index is 4.39. The maximum Gasteiger partial charge on any atom is 2.00 e. The molecule has 6 aliphatic rings. The van der Waals surface area contributed by atoms with Gasteiger partial charge in [0, 0.05) is 36.7 Å². The molecular formula is C84H116B12N24Pt6. The van der Waals surface area contributed by atoms with Crippen LogP contribution in [0.3, 0.4) is 0 Å². The Balaban J connectivity index is 0.000000235. The minimum atomic E-state index is 0. The van der Waals surface area contributed by atoms with Crippen molar-refractivity contribution in [1.82, 2.24) is 75.6 Å². The Morgan fingerprint density at radius 2 is 0.595 bits per heavy atom. The molecule has 6 aromatic heterocycles. The first-order chi connectivity index (χ1) is 57.5. The number of para-hydroxylation sites is 3. The first kappa shape index (κ1) is 109. The van der Waals surface area contributed by atoms with E-state index in [1.807, 2.05) is 49.5 Å². The number of aromatic nitrogens is 12. The van der Waals surface area contributed by atoms with Gasteiger partial charge >= 0.3 is 126 Å². The van der Waals surface area contributed by atoms with Crippen LogP contribution < -0.4 is 84.8 Å². The number of nitrogens with zero attached hydrogens (tertiary/aromatic N) is 24. The normalized spacial score (nSPS) is 19.3. The quantitative estimate of drug-likeness (QED) is 0.0873. The summed E-state index contributed by atoms with van der Waals surface area (Å²) >= 11 is 0. The van der Waals surface area contributed by atoms with Gasteiger partial charge in [-0.1, -0.05) is 340 Å². The summed E-state index contributed by atoms with van der Waals surface area (Å²) in [6.07, 6.45) is 8.81. The van der Waals surface area contributed by atoms with Gasteiger partial charge in [0.05, 0.1) is 0 Å². The van der Waals surface area contributed by atoms with E-state index in [0.29, 0.717) is 97.1 Å². The molecule has 0 spiro atoms. The molecule has 5 aromatic carbocycles. The van der Waals surface area contributed by atoms with Crippen LogP contribution in [0.4, 0.5) is 52.0 Å². The predicted molar refractivity (Wildman–Crippen MR) is 516 cm³/mol. The average Bonchev–Trinajstić information content (AvgIpc) is 1.05. The van der Waals surface area contributed by atoms with Crippen LogP contribution >= 0.6 is 0 Å². The summed E-state index contributed by atoms with van der Waals surface area (Å²) < 4.78 is 0. The molecule has 6 aliphatic heterocycles. The molecule has 6 unspecified atom stereocenters. The first-order valence-electron chi connectivity index (χ1n) is 42.8. The van der Waals surface area contributed by atoms with Gasteiger partial charge in [-0.25, -0.2) is 0 Å². The molecule has 0 aliphatic carbocycles. The molecule has 6 fully saturated rings. The number of hydrogen-bond acceptors (Lipinski definition) is 18. The van der Waals surface area contributed by atoms with Crippen LogP contribution in [0.15, 0.2) is 213 Å². The van der Waals surface area contributed by atoms with E-state index in [2.05, 4.69) is 456 Å². The van der Waals surface area contributed by atoms with Crippen LogP contribution in [-0.2, 0) is 126 Å². The first-order valence-corrected chi connectivity index (χ1v) is 42.8. The number of anilines is 9. The monoisotopic (exact) mass is 2760 g/mol. The topological polar surface area (TPSA) is 201 Å². The van der Waals surface area contributed by atoms with Crippen LogP contribution in [0.1, 0.15) is 66.6 Å². The van der Waals surface area contributed by atoms with Crippen molar-refractivity contribution >= 4 is 145 Å². The van der Waals surface area contributed by atoms with Crippen LogP contribution in [0, 0.1) is 59.3 Å². The van der Waals surface area contributed by atoms with Gasteiger partial charge in [-0.15, -0.1) is 0 Å². The van der Waals surface area contributed by atoms with E-state index in [4.69, 9.17) is 0 Å². The van der Waals surface area contributed by atoms with Crippen molar-refractivity contribution in [2.45, 2.75) is 172 Å². The Kier molecular flexibility index (Phi) is 43.5. The van der Waals surface area contributed by atoms with Gasteiger partial charge in [0.2, 0.25) is 13.7 Å². The van der Waals surface area contributed by atoms with Gasteiger partial charge < -0.3 is 88.3 Å². The maximum atomic E-state index is 4.39. The Hall–Kier alpha value is -5.65. The summed E-state index contributed by atoms with van der Waals surface area (Å²) in [7, 11) is 6.34. The second kappa shape index (κ2) is 50.3. The van der Waals surface area contributed by atoms with E-state index in [1.165, 1.54) is 22.3 Å². The molecule has 0 N–H and O–H groups in total. The van der Waals surface area contributed by atoms with Gasteiger partial charge in [-0.2, -0.15) is 0 Å². The zero-order valence-corrected chi connectivity index (χ0v) is 90.3. The minimum Gasteiger partial charge on any atom is -0.631 e. The molecule has 0 radical (unpaired) electrons. The van der Waals surface area contributed by atoms with E-state index in [-0.39, 0.29) is 151 Å². The minimum absolute atomic E-state index is 0. The van der Waals surface area contributed by atoms with Crippen molar-refractivity contribution in [2.24, 2.45) is 5.41 Å². The Morgan fingerprint density at radius 1 is 0.302 bits per heavy atom. The van der Waals surface area contributed by atoms with Crippen molar-refractivity contribution in [1.29, 1.82) is 0 Å². The molecule has 24 nitrogen and oxygen atoms in total. The second-order valence-corrected chi connectivity index (χ2v) is 34.9. The van der Waals surface area contributed by atoms with E-state index in [9.17, 15) is 0 Å². The number of rotatable bonds is 11. The smallest absolute Gasteiger partial charge is 0.631 e. The van der Waals surface area contributed by atoms with Gasteiger partial charge in [-0.05, 0) is 109 Å². The number of hydrogen-bond donors (Lipinski definition) is 0. The van der Waals surface area contributed by atoms with Crippen molar-refractivity contribution in [3.63, 3.8) is 0 Å². The third-order valence-electron chi connectivity index (χ3n) is 26.6. The van der Waals surface area contributed by atoms with E-state index in [0.717, 1.165) is 51.9 Å². The molecule has 0 amide bonds. The molecule has 0 bridgehead atoms. The van der Waals surface area contributed by atoms with Crippen LogP contribution in [0.25, 0.3) is 0 Å². The Labute approximate surface area is 844 Å². The largest absolute Gasteiger partial charge is 2.00 e. The summed E-state index contributed by atoms with van der Waals surface area (Å²) in [5, 5.41) is 49.3. The SMILES string of the molecule is CB1C(C(C)(C)C)B(C)N(c2ccn[n-]2)[CH-]N1c1ccccc1.CB1C(C)B(C)N(c2[n-]ncc2C)[CH-]N1C.CB1C(C)B(C)N(c2cc(C)n[n-]2)[CH-]N1C.CB1C(C)B(C)N(c2ccn[n-]2)[CH-]N1C.CB1C(C)B(C)N(c2ccn[n-]2)[CH-]N1c1ccccc1.CC1B(c2ccccc2)N(c2ccccc2)[CH-]N(c2ccn[n-]2)B1c1ccccc1.[Pt+2].[Pt+2].[Pt+2].[Pt+2].[Pt+2].[Pt+2]. The molecule has 668 valence electrons. The van der Waals surface area contributed by atoms with Crippen LogP contribution in [-0.4, -0.2) is 148 Å². The molecule has 12 heterocycles. The summed E-state index contributed by atoms with van der Waals surface area (Å²) in [6.45, 7) is 63.2. The molecule has 6 saturated heterocycles. The molecule has 11 aromatic rings. The third-order valence-corrected chi connectivity index (χ3v) is 26.6. The zero-order chi connectivity index (χ0) is 85.8.